The van der Waals surface area contributed by atoms with Gasteiger partial charge in [0.1, 0.15) is 5.03 Å². The quantitative estimate of drug-likeness (QED) is 0.793. The molecule has 1 N–H and O–H groups in total. The van der Waals surface area contributed by atoms with Gasteiger partial charge in [-0.2, -0.15) is 0 Å². The lowest BCUT2D eigenvalue weighted by atomic mass is 9.96. The van der Waals surface area contributed by atoms with E-state index < -0.39 is 0 Å². The highest BCUT2D eigenvalue weighted by Gasteiger charge is 2.28. The SMILES string of the molecule is CCN1C(=O)c2cccnc2Sc2cc(CNC(=O)C3CCN(C(C)=O)CC3)ccc21. The lowest BCUT2D eigenvalue weighted by Crippen LogP contribution is -2.42. The Labute approximate surface area is 186 Å². The minimum Gasteiger partial charge on any atom is -0.352 e. The number of hydrogen-bond acceptors (Lipinski definition) is 5. The molecule has 162 valence electrons. The van der Waals surface area contributed by atoms with E-state index in [1.165, 1.54) is 11.8 Å². The monoisotopic (exact) mass is 438 g/mol. The van der Waals surface area contributed by atoms with Crippen molar-refractivity contribution in [3.63, 3.8) is 0 Å². The van der Waals surface area contributed by atoms with Crippen molar-refractivity contribution in [2.24, 2.45) is 5.92 Å². The van der Waals surface area contributed by atoms with Gasteiger partial charge in [-0.3, -0.25) is 14.4 Å². The maximum absolute atomic E-state index is 13.0. The van der Waals surface area contributed by atoms with Crippen LogP contribution >= 0.6 is 11.8 Å². The summed E-state index contributed by atoms with van der Waals surface area (Å²) < 4.78 is 0. The Kier molecular flexibility index (Phi) is 6.27. The smallest absolute Gasteiger partial charge is 0.261 e. The van der Waals surface area contributed by atoms with E-state index in [4.69, 9.17) is 0 Å². The molecule has 1 saturated heterocycles. The lowest BCUT2D eigenvalue weighted by molar-refractivity contribution is -0.134. The van der Waals surface area contributed by atoms with Crippen molar-refractivity contribution in [3.05, 3.63) is 47.7 Å². The molecule has 1 fully saturated rings. The van der Waals surface area contributed by atoms with Crippen molar-refractivity contribution in [3.8, 4) is 0 Å². The van der Waals surface area contributed by atoms with E-state index in [0.29, 0.717) is 49.6 Å². The highest BCUT2D eigenvalue weighted by molar-refractivity contribution is 7.99. The fourth-order valence-electron chi connectivity index (χ4n) is 4.07. The van der Waals surface area contributed by atoms with Crippen LogP contribution in [0.2, 0.25) is 0 Å². The first kappa shape index (κ1) is 21.4. The fourth-order valence-corrected chi connectivity index (χ4v) is 5.15. The second-order valence-corrected chi connectivity index (χ2v) is 8.84. The summed E-state index contributed by atoms with van der Waals surface area (Å²) in [6.07, 6.45) is 3.09. The van der Waals surface area contributed by atoms with Gasteiger partial charge in [-0.15, -0.1) is 0 Å². The van der Waals surface area contributed by atoms with Crippen LogP contribution in [0.25, 0.3) is 0 Å². The van der Waals surface area contributed by atoms with Crippen LogP contribution < -0.4 is 10.2 Å². The molecule has 1 aromatic carbocycles. The Morgan fingerprint density at radius 2 is 2.00 bits per heavy atom. The third-order valence-electron chi connectivity index (χ3n) is 5.86. The lowest BCUT2D eigenvalue weighted by Gasteiger charge is -2.30. The minimum absolute atomic E-state index is 0.0307. The molecule has 0 spiro atoms. The predicted molar refractivity (Wildman–Crippen MR) is 119 cm³/mol. The number of anilines is 1. The number of hydrogen-bond donors (Lipinski definition) is 1. The summed E-state index contributed by atoms with van der Waals surface area (Å²) >= 11 is 1.48. The highest BCUT2D eigenvalue weighted by atomic mass is 32.2. The Morgan fingerprint density at radius 3 is 2.71 bits per heavy atom. The number of nitrogens with zero attached hydrogens (tertiary/aromatic N) is 3. The van der Waals surface area contributed by atoms with E-state index in [1.54, 1.807) is 29.0 Å². The van der Waals surface area contributed by atoms with Crippen molar-refractivity contribution < 1.29 is 14.4 Å². The van der Waals surface area contributed by atoms with Crippen molar-refractivity contribution in [2.45, 2.75) is 43.2 Å². The van der Waals surface area contributed by atoms with Crippen LogP contribution in [0, 0.1) is 5.92 Å². The van der Waals surface area contributed by atoms with Gasteiger partial charge >= 0.3 is 0 Å². The first-order chi connectivity index (χ1) is 15.0. The topological polar surface area (TPSA) is 82.6 Å². The van der Waals surface area contributed by atoms with Crippen LogP contribution in [0.1, 0.15) is 42.6 Å². The number of aromatic nitrogens is 1. The van der Waals surface area contributed by atoms with Gasteiger partial charge in [-0.1, -0.05) is 17.8 Å². The van der Waals surface area contributed by atoms with Crippen molar-refractivity contribution >= 4 is 35.2 Å². The van der Waals surface area contributed by atoms with Crippen molar-refractivity contribution in [1.29, 1.82) is 0 Å². The second-order valence-electron chi connectivity index (χ2n) is 7.81. The van der Waals surface area contributed by atoms with Gasteiger partial charge in [0, 0.05) is 50.1 Å². The van der Waals surface area contributed by atoms with Crippen molar-refractivity contribution in [1.82, 2.24) is 15.2 Å². The Hall–Kier alpha value is -2.87. The number of amides is 3. The number of pyridine rings is 1. The zero-order valence-electron chi connectivity index (χ0n) is 17.8. The zero-order valence-corrected chi connectivity index (χ0v) is 18.6. The average Bonchev–Trinajstić information content (AvgIpc) is 2.90. The molecule has 2 aliphatic rings. The molecule has 7 nitrogen and oxygen atoms in total. The summed E-state index contributed by atoms with van der Waals surface area (Å²) in [5.74, 6) is -0.00920. The molecule has 0 aliphatic carbocycles. The van der Waals surface area contributed by atoms with Crippen molar-refractivity contribution in [2.75, 3.05) is 24.5 Å². The number of benzene rings is 1. The third kappa shape index (κ3) is 4.44. The van der Waals surface area contributed by atoms with Crippen LogP contribution in [0.5, 0.6) is 0 Å². The predicted octanol–water partition coefficient (Wildman–Crippen LogP) is 3.09. The molecule has 1 aromatic heterocycles. The van der Waals surface area contributed by atoms with Gasteiger partial charge < -0.3 is 15.1 Å². The zero-order chi connectivity index (χ0) is 22.0. The summed E-state index contributed by atoms with van der Waals surface area (Å²) in [6.45, 7) is 5.79. The summed E-state index contributed by atoms with van der Waals surface area (Å²) in [5.41, 5.74) is 2.45. The molecule has 31 heavy (non-hydrogen) atoms. The molecular formula is C23H26N4O3S. The molecule has 0 bridgehead atoms. The van der Waals surface area contributed by atoms with Crippen LogP contribution in [-0.4, -0.2) is 47.2 Å². The Morgan fingerprint density at radius 1 is 1.23 bits per heavy atom. The van der Waals surface area contributed by atoms with E-state index in [2.05, 4.69) is 10.3 Å². The largest absolute Gasteiger partial charge is 0.352 e. The number of carbonyl (C=O) groups excluding carboxylic acids is 3. The van der Waals surface area contributed by atoms with E-state index in [1.807, 2.05) is 31.2 Å². The number of fused-ring (bicyclic) bond motifs is 2. The number of piperidine rings is 1. The Bertz CT molecular complexity index is 1020. The fraction of sp³-hybridized carbons (Fsp3) is 0.391. The van der Waals surface area contributed by atoms with Crippen LogP contribution in [0.3, 0.4) is 0 Å². The highest BCUT2D eigenvalue weighted by Crippen LogP contribution is 2.40. The normalized spacial score (nSPS) is 16.4. The summed E-state index contributed by atoms with van der Waals surface area (Å²) in [5, 5.41) is 3.74. The summed E-state index contributed by atoms with van der Waals surface area (Å²) in [7, 11) is 0. The standard InChI is InChI=1S/C23H26N4O3S/c1-3-27-19-7-6-16(13-20(19)31-22-18(23(27)30)5-4-10-24-22)14-25-21(29)17-8-11-26(12-9-17)15(2)28/h4-7,10,13,17H,3,8-9,11-12,14H2,1-2H3,(H,25,29). The van der Waals surface area contributed by atoms with Gasteiger partial charge in [-0.05, 0) is 49.6 Å². The molecule has 2 aliphatic heterocycles. The van der Waals surface area contributed by atoms with Gasteiger partial charge in [-0.25, -0.2) is 4.98 Å². The molecule has 0 atom stereocenters. The summed E-state index contributed by atoms with van der Waals surface area (Å²) in [6, 6.07) is 9.52. The maximum atomic E-state index is 13.0. The molecule has 0 unspecified atom stereocenters. The second kappa shape index (κ2) is 9.09. The van der Waals surface area contributed by atoms with E-state index in [9.17, 15) is 14.4 Å². The van der Waals surface area contributed by atoms with Crippen LogP contribution in [0.4, 0.5) is 5.69 Å². The third-order valence-corrected chi connectivity index (χ3v) is 6.93. The number of rotatable bonds is 4. The van der Waals surface area contributed by atoms with Gasteiger partial charge in [0.2, 0.25) is 11.8 Å². The molecule has 8 heteroatoms. The Balaban J connectivity index is 1.46. The van der Waals surface area contributed by atoms with Crippen LogP contribution in [-0.2, 0) is 16.1 Å². The average molecular weight is 439 g/mol. The maximum Gasteiger partial charge on any atom is 0.261 e. The van der Waals surface area contributed by atoms with Crippen LogP contribution in [0.15, 0.2) is 46.5 Å². The van der Waals surface area contributed by atoms with Gasteiger partial charge in [0.05, 0.1) is 11.3 Å². The molecule has 2 aromatic rings. The number of nitrogens with one attached hydrogen (secondary N) is 1. The molecule has 0 radical (unpaired) electrons. The number of carbonyl (C=O) groups is 3. The van der Waals surface area contributed by atoms with E-state index >= 15 is 0 Å². The number of likely N-dealkylation sites (tertiary alicyclic amines) is 1. The minimum atomic E-state index is -0.0601. The molecule has 3 amide bonds. The first-order valence-corrected chi connectivity index (χ1v) is 11.4. The van der Waals surface area contributed by atoms with Gasteiger partial charge in [0.15, 0.2) is 0 Å². The summed E-state index contributed by atoms with van der Waals surface area (Å²) in [4.78, 5) is 45.9. The van der Waals surface area contributed by atoms with Gasteiger partial charge in [0.25, 0.3) is 5.91 Å². The molecular weight excluding hydrogens is 412 g/mol. The van der Waals surface area contributed by atoms with E-state index in [-0.39, 0.29) is 23.6 Å². The first-order valence-electron chi connectivity index (χ1n) is 10.6. The van der Waals surface area contributed by atoms with E-state index in [0.717, 1.165) is 16.1 Å². The molecule has 4 rings (SSSR count). The molecule has 0 saturated carbocycles. The molecule has 3 heterocycles.